The number of hydrogen-bond donors (Lipinski definition) is 1. The topological polar surface area (TPSA) is 64.1 Å². The average molecular weight is 237 g/mol. The fourth-order valence-electron chi connectivity index (χ4n) is 1.34. The first-order valence-corrected chi connectivity index (χ1v) is 5.93. The van der Waals surface area contributed by atoms with Crippen molar-refractivity contribution in [2.75, 3.05) is 18.5 Å². The van der Waals surface area contributed by atoms with Gasteiger partial charge < -0.3 is 10.1 Å². The van der Waals surface area contributed by atoms with Gasteiger partial charge in [0.1, 0.15) is 0 Å². The third-order valence-electron chi connectivity index (χ3n) is 2.29. The molecule has 1 aromatic heterocycles. The lowest BCUT2D eigenvalue weighted by Gasteiger charge is -2.07. The molecular weight excluding hydrogens is 218 g/mol. The zero-order valence-corrected chi connectivity index (χ0v) is 10.6. The predicted octanol–water partition coefficient (Wildman–Crippen LogP) is 2.17. The number of esters is 1. The maximum absolute atomic E-state index is 11.5. The Morgan fingerprint density at radius 1 is 1.47 bits per heavy atom. The van der Waals surface area contributed by atoms with Gasteiger partial charge in [0.2, 0.25) is 5.95 Å². The van der Waals surface area contributed by atoms with Crippen LogP contribution in [0.4, 0.5) is 5.95 Å². The van der Waals surface area contributed by atoms with Crippen LogP contribution < -0.4 is 5.32 Å². The van der Waals surface area contributed by atoms with Crippen molar-refractivity contribution in [3.63, 3.8) is 0 Å². The Morgan fingerprint density at radius 2 is 2.24 bits per heavy atom. The maximum Gasteiger partial charge on any atom is 0.341 e. The van der Waals surface area contributed by atoms with Gasteiger partial charge in [0, 0.05) is 12.7 Å². The van der Waals surface area contributed by atoms with Crippen LogP contribution >= 0.6 is 0 Å². The first kappa shape index (κ1) is 13.4. The minimum absolute atomic E-state index is 0.356. The Morgan fingerprint density at radius 3 is 2.82 bits per heavy atom. The highest BCUT2D eigenvalue weighted by Gasteiger charge is 2.12. The van der Waals surface area contributed by atoms with Gasteiger partial charge in [-0.2, -0.15) is 0 Å². The Kier molecular flexibility index (Phi) is 5.39. The lowest BCUT2D eigenvalue weighted by molar-refractivity contribution is 0.0524. The number of aryl methyl sites for hydroxylation is 1. The van der Waals surface area contributed by atoms with Gasteiger partial charge in [0.25, 0.3) is 0 Å². The van der Waals surface area contributed by atoms with Crippen molar-refractivity contribution in [3.05, 3.63) is 17.5 Å². The van der Waals surface area contributed by atoms with Crippen LogP contribution in [0.25, 0.3) is 0 Å². The Bertz CT molecular complexity index is 380. The van der Waals surface area contributed by atoms with Crippen molar-refractivity contribution in [1.29, 1.82) is 0 Å². The van der Waals surface area contributed by atoms with Crippen molar-refractivity contribution >= 4 is 11.9 Å². The van der Waals surface area contributed by atoms with E-state index in [0.29, 0.717) is 23.8 Å². The van der Waals surface area contributed by atoms with E-state index in [2.05, 4.69) is 22.2 Å². The molecule has 0 aromatic carbocycles. The summed E-state index contributed by atoms with van der Waals surface area (Å²) in [5.74, 6) is 0.189. The molecule has 0 saturated heterocycles. The Labute approximate surface area is 102 Å². The summed E-state index contributed by atoms with van der Waals surface area (Å²) in [6.45, 7) is 6.87. The van der Waals surface area contributed by atoms with Gasteiger partial charge in [0.05, 0.1) is 17.9 Å². The van der Waals surface area contributed by atoms with Gasteiger partial charge in [0.15, 0.2) is 0 Å². The zero-order chi connectivity index (χ0) is 12.7. The van der Waals surface area contributed by atoms with E-state index in [4.69, 9.17) is 4.74 Å². The normalized spacial score (nSPS) is 10.1. The van der Waals surface area contributed by atoms with Crippen LogP contribution in [-0.4, -0.2) is 29.1 Å². The second kappa shape index (κ2) is 6.83. The van der Waals surface area contributed by atoms with Crippen molar-refractivity contribution in [3.8, 4) is 0 Å². The number of rotatable bonds is 6. The molecule has 0 aliphatic heterocycles. The molecule has 1 rings (SSSR count). The molecule has 5 nitrogen and oxygen atoms in total. The van der Waals surface area contributed by atoms with Crippen LogP contribution in [0, 0.1) is 6.92 Å². The molecule has 0 aliphatic rings. The minimum atomic E-state index is -0.370. The van der Waals surface area contributed by atoms with Crippen molar-refractivity contribution in [1.82, 2.24) is 9.97 Å². The number of aromatic nitrogens is 2. The van der Waals surface area contributed by atoms with Gasteiger partial charge in [-0.1, -0.05) is 13.3 Å². The molecule has 0 unspecified atom stereocenters. The Hall–Kier alpha value is -1.65. The van der Waals surface area contributed by atoms with Crippen molar-refractivity contribution < 1.29 is 9.53 Å². The highest BCUT2D eigenvalue weighted by Crippen LogP contribution is 2.08. The van der Waals surface area contributed by atoms with E-state index in [0.717, 1.165) is 19.4 Å². The molecule has 17 heavy (non-hydrogen) atoms. The number of nitrogens with zero attached hydrogens (tertiary/aromatic N) is 2. The molecule has 0 aliphatic carbocycles. The third-order valence-corrected chi connectivity index (χ3v) is 2.29. The molecular formula is C12H19N3O2. The molecule has 1 heterocycles. The Balaban J connectivity index is 2.68. The first-order chi connectivity index (χ1) is 8.19. The van der Waals surface area contributed by atoms with E-state index in [1.165, 1.54) is 6.20 Å². The number of carbonyl (C=O) groups is 1. The molecule has 0 spiro atoms. The fourth-order valence-corrected chi connectivity index (χ4v) is 1.34. The number of hydrogen-bond acceptors (Lipinski definition) is 5. The first-order valence-electron chi connectivity index (χ1n) is 5.93. The number of nitrogens with one attached hydrogen (secondary N) is 1. The largest absolute Gasteiger partial charge is 0.462 e. The fraction of sp³-hybridized carbons (Fsp3) is 0.583. The van der Waals surface area contributed by atoms with Crippen LogP contribution in [0.5, 0.6) is 0 Å². The monoisotopic (exact) mass is 237 g/mol. The quantitative estimate of drug-likeness (QED) is 0.607. The molecule has 1 aromatic rings. The smallest absolute Gasteiger partial charge is 0.341 e. The van der Waals surface area contributed by atoms with Gasteiger partial charge >= 0.3 is 5.97 Å². The summed E-state index contributed by atoms with van der Waals surface area (Å²) in [5.41, 5.74) is 1.06. The summed E-state index contributed by atoms with van der Waals surface area (Å²) in [4.78, 5) is 19.8. The number of ether oxygens (including phenoxy) is 1. The average Bonchev–Trinajstić information content (AvgIpc) is 2.29. The number of carbonyl (C=O) groups excluding carboxylic acids is 1. The summed E-state index contributed by atoms with van der Waals surface area (Å²) in [6.07, 6.45) is 3.70. The molecule has 94 valence electrons. The standard InChI is InChI=1S/C12H19N3O2/c1-4-6-7-13-12-14-8-10(9(3)15-12)11(16)17-5-2/h8H,4-7H2,1-3H3,(H,13,14,15). The highest BCUT2D eigenvalue weighted by atomic mass is 16.5. The van der Waals surface area contributed by atoms with Crippen LogP contribution in [0.3, 0.4) is 0 Å². The predicted molar refractivity (Wildman–Crippen MR) is 66.1 cm³/mol. The SMILES string of the molecule is CCCCNc1ncc(C(=O)OCC)c(C)n1. The summed E-state index contributed by atoms with van der Waals surface area (Å²) >= 11 is 0. The number of unbranched alkanes of at least 4 members (excludes halogenated alkanes) is 1. The highest BCUT2D eigenvalue weighted by molar-refractivity contribution is 5.90. The van der Waals surface area contributed by atoms with Crippen molar-refractivity contribution in [2.24, 2.45) is 0 Å². The van der Waals surface area contributed by atoms with Gasteiger partial charge in [-0.05, 0) is 20.3 Å². The molecule has 0 radical (unpaired) electrons. The van der Waals surface area contributed by atoms with E-state index < -0.39 is 0 Å². The lowest BCUT2D eigenvalue weighted by Crippen LogP contribution is -2.11. The van der Waals surface area contributed by atoms with E-state index in [9.17, 15) is 4.79 Å². The molecule has 5 heteroatoms. The number of anilines is 1. The van der Waals surface area contributed by atoms with E-state index >= 15 is 0 Å². The third kappa shape index (κ3) is 4.01. The van der Waals surface area contributed by atoms with Gasteiger partial charge in [-0.15, -0.1) is 0 Å². The molecule has 0 fully saturated rings. The zero-order valence-electron chi connectivity index (χ0n) is 10.6. The molecule has 0 amide bonds. The van der Waals surface area contributed by atoms with E-state index in [-0.39, 0.29) is 5.97 Å². The summed E-state index contributed by atoms with van der Waals surface area (Å²) in [7, 11) is 0. The maximum atomic E-state index is 11.5. The summed E-state index contributed by atoms with van der Waals surface area (Å²) < 4.78 is 4.91. The van der Waals surface area contributed by atoms with Crippen LogP contribution in [0.15, 0.2) is 6.20 Å². The van der Waals surface area contributed by atoms with E-state index in [1.807, 2.05) is 0 Å². The molecule has 1 N–H and O–H groups in total. The molecule has 0 bridgehead atoms. The summed E-state index contributed by atoms with van der Waals surface area (Å²) in [6, 6.07) is 0. The van der Waals surface area contributed by atoms with Crippen LogP contribution in [0.1, 0.15) is 42.7 Å². The summed E-state index contributed by atoms with van der Waals surface area (Å²) in [5, 5.41) is 3.11. The molecule has 0 atom stereocenters. The lowest BCUT2D eigenvalue weighted by atomic mass is 10.2. The van der Waals surface area contributed by atoms with Gasteiger partial charge in [-0.3, -0.25) is 0 Å². The molecule has 0 saturated carbocycles. The van der Waals surface area contributed by atoms with Crippen LogP contribution in [0.2, 0.25) is 0 Å². The van der Waals surface area contributed by atoms with Crippen LogP contribution in [-0.2, 0) is 4.74 Å². The van der Waals surface area contributed by atoms with Gasteiger partial charge in [-0.25, -0.2) is 14.8 Å². The second-order valence-electron chi connectivity index (χ2n) is 3.69. The van der Waals surface area contributed by atoms with E-state index in [1.54, 1.807) is 13.8 Å². The van der Waals surface area contributed by atoms with Crippen molar-refractivity contribution in [2.45, 2.75) is 33.6 Å². The minimum Gasteiger partial charge on any atom is -0.462 e. The second-order valence-corrected chi connectivity index (χ2v) is 3.69.